The SMILES string of the molecule is Cc1ccc(C2(c3ccc(OC(C)C)cc3)c3ccccc3-c3ccc(N(c4ccccc4)c4ccc5c(c4)C(C)(C)c4ccccc4-5)cc32)cc1. The van der Waals surface area contributed by atoms with Crippen LogP contribution >= 0.6 is 0 Å². The van der Waals surface area contributed by atoms with Gasteiger partial charge in [0.15, 0.2) is 0 Å². The first-order chi connectivity index (χ1) is 25.3. The Hall–Kier alpha value is -5.86. The maximum Gasteiger partial charge on any atom is 0.119 e. The zero-order chi connectivity index (χ0) is 35.6. The van der Waals surface area contributed by atoms with Gasteiger partial charge < -0.3 is 9.64 Å². The maximum atomic E-state index is 6.13. The van der Waals surface area contributed by atoms with E-state index in [0.717, 1.165) is 22.8 Å². The molecule has 2 aliphatic rings. The molecule has 0 saturated carbocycles. The average Bonchev–Trinajstić information content (AvgIpc) is 3.58. The van der Waals surface area contributed by atoms with Crippen molar-refractivity contribution in [3.8, 4) is 28.0 Å². The normalized spacial score (nSPS) is 16.2. The molecule has 1 unspecified atom stereocenters. The van der Waals surface area contributed by atoms with Crippen LogP contribution in [0.1, 0.15) is 66.6 Å². The van der Waals surface area contributed by atoms with Crippen molar-refractivity contribution in [2.45, 2.75) is 51.6 Å². The van der Waals surface area contributed by atoms with Crippen LogP contribution in [0.25, 0.3) is 22.3 Å². The van der Waals surface area contributed by atoms with Gasteiger partial charge in [-0.2, -0.15) is 0 Å². The Morgan fingerprint density at radius 2 is 0.962 bits per heavy atom. The van der Waals surface area contributed by atoms with Gasteiger partial charge in [-0.25, -0.2) is 0 Å². The molecule has 0 aromatic heterocycles. The molecule has 2 nitrogen and oxygen atoms in total. The number of para-hydroxylation sites is 1. The first-order valence-corrected chi connectivity index (χ1v) is 18.4. The topological polar surface area (TPSA) is 12.5 Å². The van der Waals surface area contributed by atoms with E-state index in [1.807, 2.05) is 0 Å². The summed E-state index contributed by atoms with van der Waals surface area (Å²) < 4.78 is 6.13. The van der Waals surface area contributed by atoms with Gasteiger partial charge in [-0.3, -0.25) is 0 Å². The molecular formula is C50H43NO. The highest BCUT2D eigenvalue weighted by Crippen LogP contribution is 2.58. The monoisotopic (exact) mass is 673 g/mol. The summed E-state index contributed by atoms with van der Waals surface area (Å²) >= 11 is 0. The van der Waals surface area contributed by atoms with E-state index in [4.69, 9.17) is 4.74 Å². The summed E-state index contributed by atoms with van der Waals surface area (Å²) in [5.74, 6) is 0.884. The summed E-state index contributed by atoms with van der Waals surface area (Å²) in [7, 11) is 0. The van der Waals surface area contributed by atoms with Crippen LogP contribution in [-0.2, 0) is 10.8 Å². The summed E-state index contributed by atoms with van der Waals surface area (Å²) in [6.07, 6.45) is 0.107. The van der Waals surface area contributed by atoms with Gasteiger partial charge in [-0.15, -0.1) is 0 Å². The molecule has 0 aliphatic heterocycles. The molecule has 0 heterocycles. The van der Waals surface area contributed by atoms with Crippen LogP contribution in [0.15, 0.2) is 164 Å². The molecule has 9 rings (SSSR count). The van der Waals surface area contributed by atoms with Crippen LogP contribution in [0, 0.1) is 6.92 Å². The quantitative estimate of drug-likeness (QED) is 0.167. The Labute approximate surface area is 308 Å². The van der Waals surface area contributed by atoms with E-state index in [-0.39, 0.29) is 11.5 Å². The smallest absolute Gasteiger partial charge is 0.119 e. The van der Waals surface area contributed by atoms with Crippen molar-refractivity contribution in [1.29, 1.82) is 0 Å². The number of fused-ring (bicyclic) bond motifs is 6. The largest absolute Gasteiger partial charge is 0.491 e. The molecule has 0 spiro atoms. The predicted octanol–water partition coefficient (Wildman–Crippen LogP) is 12.9. The summed E-state index contributed by atoms with van der Waals surface area (Å²) in [5.41, 5.74) is 17.0. The van der Waals surface area contributed by atoms with Gasteiger partial charge in [0, 0.05) is 22.5 Å². The first-order valence-electron chi connectivity index (χ1n) is 18.4. The Morgan fingerprint density at radius 3 is 1.60 bits per heavy atom. The van der Waals surface area contributed by atoms with E-state index in [0.29, 0.717) is 0 Å². The maximum absolute atomic E-state index is 6.13. The Morgan fingerprint density at radius 1 is 0.462 bits per heavy atom. The predicted molar refractivity (Wildman–Crippen MR) is 216 cm³/mol. The first kappa shape index (κ1) is 32.1. The van der Waals surface area contributed by atoms with E-state index < -0.39 is 5.41 Å². The third-order valence-corrected chi connectivity index (χ3v) is 11.3. The molecule has 7 aromatic carbocycles. The van der Waals surface area contributed by atoms with Crippen LogP contribution < -0.4 is 9.64 Å². The van der Waals surface area contributed by atoms with Crippen LogP contribution in [-0.4, -0.2) is 6.10 Å². The molecule has 7 aromatic rings. The molecule has 2 heteroatoms. The Balaban J connectivity index is 1.29. The molecule has 0 N–H and O–H groups in total. The zero-order valence-corrected chi connectivity index (χ0v) is 30.5. The second kappa shape index (κ2) is 12.1. The molecule has 52 heavy (non-hydrogen) atoms. The lowest BCUT2D eigenvalue weighted by atomic mass is 9.67. The highest BCUT2D eigenvalue weighted by atomic mass is 16.5. The summed E-state index contributed by atoms with van der Waals surface area (Å²) in [5, 5.41) is 0. The summed E-state index contributed by atoms with van der Waals surface area (Å²) in [6.45, 7) is 11.0. The highest BCUT2D eigenvalue weighted by molar-refractivity contribution is 5.90. The van der Waals surface area contributed by atoms with Crippen LogP contribution in [0.4, 0.5) is 17.1 Å². The average molecular weight is 674 g/mol. The van der Waals surface area contributed by atoms with E-state index in [9.17, 15) is 0 Å². The lowest BCUT2D eigenvalue weighted by Crippen LogP contribution is -2.29. The molecule has 2 aliphatic carbocycles. The summed E-state index contributed by atoms with van der Waals surface area (Å²) in [6, 6.07) is 60.7. The fourth-order valence-corrected chi connectivity index (χ4v) is 8.91. The number of aryl methyl sites for hydroxylation is 1. The van der Waals surface area contributed by atoms with Crippen molar-refractivity contribution in [1.82, 2.24) is 0 Å². The van der Waals surface area contributed by atoms with Crippen LogP contribution in [0.3, 0.4) is 0 Å². The lowest BCUT2D eigenvalue weighted by molar-refractivity contribution is 0.242. The number of hydrogen-bond donors (Lipinski definition) is 0. The molecule has 1 atom stereocenters. The van der Waals surface area contributed by atoms with E-state index in [2.05, 4.69) is 203 Å². The number of ether oxygens (including phenoxy) is 1. The van der Waals surface area contributed by atoms with Gasteiger partial charge in [0.05, 0.1) is 11.5 Å². The molecule has 254 valence electrons. The second-order valence-electron chi connectivity index (χ2n) is 15.2. The van der Waals surface area contributed by atoms with Crippen molar-refractivity contribution in [3.05, 3.63) is 203 Å². The van der Waals surface area contributed by atoms with E-state index in [1.165, 1.54) is 61.2 Å². The second-order valence-corrected chi connectivity index (χ2v) is 15.2. The third kappa shape index (κ3) is 4.85. The van der Waals surface area contributed by atoms with Gasteiger partial charge in [-0.05, 0) is 125 Å². The molecule has 0 amide bonds. The number of anilines is 3. The zero-order valence-electron chi connectivity index (χ0n) is 30.5. The van der Waals surface area contributed by atoms with E-state index >= 15 is 0 Å². The third-order valence-electron chi connectivity index (χ3n) is 11.3. The van der Waals surface area contributed by atoms with Gasteiger partial charge in [0.25, 0.3) is 0 Å². The minimum absolute atomic E-state index is 0.101. The van der Waals surface area contributed by atoms with Crippen molar-refractivity contribution in [2.75, 3.05) is 4.90 Å². The molecule has 0 radical (unpaired) electrons. The lowest BCUT2D eigenvalue weighted by Gasteiger charge is -2.35. The number of nitrogens with zero attached hydrogens (tertiary/aromatic N) is 1. The fourth-order valence-electron chi connectivity index (χ4n) is 8.91. The van der Waals surface area contributed by atoms with E-state index in [1.54, 1.807) is 0 Å². The minimum Gasteiger partial charge on any atom is -0.491 e. The standard InChI is InChI=1S/C50H43NO/c1-33(2)52-40-27-23-36(24-28-40)50(35-21-19-34(3)20-22-35)46-18-12-10-16-42(46)44-30-26-39(32-48(44)50)51(37-13-7-6-8-14-37)38-25-29-43-41-15-9-11-17-45(41)49(4,5)47(43)31-38/h6-33H,1-5H3. The number of rotatable bonds is 7. The fraction of sp³-hybridized carbons (Fsp3) is 0.160. The Kier molecular flexibility index (Phi) is 7.48. The van der Waals surface area contributed by atoms with Crippen molar-refractivity contribution in [3.63, 3.8) is 0 Å². The van der Waals surface area contributed by atoms with Crippen LogP contribution in [0.2, 0.25) is 0 Å². The van der Waals surface area contributed by atoms with Crippen LogP contribution in [0.5, 0.6) is 5.75 Å². The molecule has 0 saturated heterocycles. The van der Waals surface area contributed by atoms with Crippen molar-refractivity contribution >= 4 is 17.1 Å². The number of hydrogen-bond acceptors (Lipinski definition) is 2. The van der Waals surface area contributed by atoms with Gasteiger partial charge in [0.2, 0.25) is 0 Å². The highest BCUT2D eigenvalue weighted by Gasteiger charge is 2.46. The molecule has 0 fully saturated rings. The molecule has 0 bridgehead atoms. The Bertz CT molecular complexity index is 2440. The molecular weight excluding hydrogens is 631 g/mol. The van der Waals surface area contributed by atoms with Gasteiger partial charge >= 0.3 is 0 Å². The minimum atomic E-state index is -0.532. The summed E-state index contributed by atoms with van der Waals surface area (Å²) in [4.78, 5) is 2.43. The number of benzene rings is 7. The van der Waals surface area contributed by atoms with Gasteiger partial charge in [0.1, 0.15) is 5.75 Å². The van der Waals surface area contributed by atoms with Crippen molar-refractivity contribution in [2.24, 2.45) is 0 Å². The van der Waals surface area contributed by atoms with Gasteiger partial charge in [-0.1, -0.05) is 135 Å². The van der Waals surface area contributed by atoms with Crippen molar-refractivity contribution < 1.29 is 4.74 Å².